The Balaban J connectivity index is 1.19. The van der Waals surface area contributed by atoms with Crippen molar-refractivity contribution in [3.8, 4) is 45.5 Å². The maximum absolute atomic E-state index is 4.87. The fourth-order valence-corrected chi connectivity index (χ4v) is 5.51. The van der Waals surface area contributed by atoms with Gasteiger partial charge in [0.15, 0.2) is 17.5 Å². The topological polar surface area (TPSA) is 48.5 Å². The number of benzene rings is 5. The Morgan fingerprint density at radius 2 is 0.833 bits per heavy atom. The van der Waals surface area contributed by atoms with Gasteiger partial charge in [0.25, 0.3) is 0 Å². The van der Waals surface area contributed by atoms with Gasteiger partial charge in [0.05, 0.1) is 11.0 Å². The van der Waals surface area contributed by atoms with Crippen LogP contribution in [0.25, 0.3) is 67.3 Å². The fraction of sp³-hybridized carbons (Fsp3) is 0. The predicted octanol–water partition coefficient (Wildman–Crippen LogP) is 8.76. The molecule has 0 saturated heterocycles. The first kappa shape index (κ1) is 24.0. The van der Waals surface area contributed by atoms with Crippen LogP contribution in [0.2, 0.25) is 0 Å². The van der Waals surface area contributed by atoms with Crippen molar-refractivity contribution in [1.29, 1.82) is 0 Å². The van der Waals surface area contributed by atoms with Gasteiger partial charge in [0, 0.05) is 45.8 Å². The molecule has 3 heterocycles. The zero-order valence-corrected chi connectivity index (χ0v) is 22.7. The van der Waals surface area contributed by atoms with E-state index in [0.717, 1.165) is 33.6 Å². The Morgan fingerprint density at radius 3 is 1.45 bits per heavy atom. The molecule has 3 aromatic heterocycles. The van der Waals surface area contributed by atoms with Crippen molar-refractivity contribution in [2.45, 2.75) is 0 Å². The second-order valence-electron chi connectivity index (χ2n) is 10.3. The van der Waals surface area contributed by atoms with Gasteiger partial charge in [-0.2, -0.15) is 0 Å². The molecule has 5 heteroatoms. The maximum Gasteiger partial charge on any atom is 0.164 e. The minimum atomic E-state index is 0.647. The van der Waals surface area contributed by atoms with Crippen molar-refractivity contribution in [1.82, 2.24) is 24.1 Å². The van der Waals surface area contributed by atoms with Gasteiger partial charge in [0.2, 0.25) is 0 Å². The van der Waals surface area contributed by atoms with Crippen LogP contribution in [0.3, 0.4) is 0 Å². The maximum atomic E-state index is 4.87. The molecular weight excluding hydrogens is 514 g/mol. The van der Waals surface area contributed by atoms with E-state index in [-0.39, 0.29) is 0 Å². The molecule has 0 spiro atoms. The van der Waals surface area contributed by atoms with Crippen LogP contribution in [0.1, 0.15) is 0 Å². The van der Waals surface area contributed by atoms with Gasteiger partial charge in [-0.05, 0) is 60.0 Å². The van der Waals surface area contributed by atoms with Crippen LogP contribution in [0.15, 0.2) is 152 Å². The van der Waals surface area contributed by atoms with E-state index in [4.69, 9.17) is 15.0 Å². The molecule has 5 aromatic carbocycles. The number of aromatic nitrogens is 5. The van der Waals surface area contributed by atoms with Gasteiger partial charge in [-0.1, -0.05) is 84.9 Å². The Kier molecular flexibility index (Phi) is 5.71. The first-order valence-electron chi connectivity index (χ1n) is 14.0. The van der Waals surface area contributed by atoms with E-state index in [1.807, 2.05) is 60.7 Å². The Hall–Kier alpha value is -5.81. The molecule has 0 atom stereocenters. The first-order valence-corrected chi connectivity index (χ1v) is 14.0. The van der Waals surface area contributed by atoms with Crippen LogP contribution in [0.4, 0.5) is 0 Å². The lowest BCUT2D eigenvalue weighted by Gasteiger charge is -2.11. The molecule has 5 nitrogen and oxygen atoms in total. The Bertz CT molecular complexity index is 2120. The lowest BCUT2D eigenvalue weighted by Crippen LogP contribution is -2.00. The third-order valence-electron chi connectivity index (χ3n) is 7.66. The second-order valence-corrected chi connectivity index (χ2v) is 10.3. The second kappa shape index (κ2) is 9.98. The molecule has 8 aromatic rings. The van der Waals surface area contributed by atoms with Gasteiger partial charge < -0.3 is 9.13 Å². The lowest BCUT2D eigenvalue weighted by molar-refractivity contribution is 1.07. The van der Waals surface area contributed by atoms with Crippen molar-refractivity contribution in [3.05, 3.63) is 152 Å². The summed E-state index contributed by atoms with van der Waals surface area (Å²) < 4.78 is 4.47. The Morgan fingerprint density at radius 1 is 0.357 bits per heavy atom. The average Bonchev–Trinajstić information content (AvgIpc) is 3.70. The van der Waals surface area contributed by atoms with Crippen molar-refractivity contribution in [2.75, 3.05) is 0 Å². The van der Waals surface area contributed by atoms with E-state index in [1.54, 1.807) is 0 Å². The molecule has 42 heavy (non-hydrogen) atoms. The van der Waals surface area contributed by atoms with Gasteiger partial charge in [0.1, 0.15) is 0 Å². The van der Waals surface area contributed by atoms with Crippen molar-refractivity contribution < 1.29 is 0 Å². The molecule has 0 aliphatic heterocycles. The van der Waals surface area contributed by atoms with Crippen molar-refractivity contribution in [3.63, 3.8) is 0 Å². The molecular formula is C37H25N5. The van der Waals surface area contributed by atoms with E-state index in [1.165, 1.54) is 16.3 Å². The first-order chi connectivity index (χ1) is 20.8. The molecule has 0 radical (unpaired) electrons. The fourth-order valence-electron chi connectivity index (χ4n) is 5.51. The predicted molar refractivity (Wildman–Crippen MR) is 170 cm³/mol. The normalized spacial score (nSPS) is 11.3. The largest absolute Gasteiger partial charge is 0.316 e. The van der Waals surface area contributed by atoms with Crippen LogP contribution in [-0.4, -0.2) is 24.1 Å². The third kappa shape index (κ3) is 4.25. The number of nitrogens with zero attached hydrogens (tertiary/aromatic N) is 5. The summed E-state index contributed by atoms with van der Waals surface area (Å²) in [7, 11) is 0. The van der Waals surface area contributed by atoms with Crippen molar-refractivity contribution in [2.24, 2.45) is 0 Å². The zero-order chi connectivity index (χ0) is 27.9. The quantitative estimate of drug-likeness (QED) is 0.220. The smallest absolute Gasteiger partial charge is 0.164 e. The number of para-hydroxylation sites is 1. The van der Waals surface area contributed by atoms with Crippen LogP contribution in [0.5, 0.6) is 0 Å². The highest BCUT2D eigenvalue weighted by Crippen LogP contribution is 2.29. The average molecular weight is 540 g/mol. The van der Waals surface area contributed by atoms with E-state index in [0.29, 0.717) is 17.5 Å². The van der Waals surface area contributed by atoms with Crippen LogP contribution < -0.4 is 0 Å². The van der Waals surface area contributed by atoms with Crippen LogP contribution in [-0.2, 0) is 0 Å². The molecule has 0 saturated carbocycles. The summed E-state index contributed by atoms with van der Waals surface area (Å²) in [4.78, 5) is 14.6. The summed E-state index contributed by atoms with van der Waals surface area (Å²) in [6, 6.07) is 47.9. The number of hydrogen-bond donors (Lipinski definition) is 0. The van der Waals surface area contributed by atoms with E-state index in [2.05, 4.69) is 100 Å². The van der Waals surface area contributed by atoms with Gasteiger partial charge in [-0.15, -0.1) is 0 Å². The van der Waals surface area contributed by atoms with E-state index in [9.17, 15) is 0 Å². The van der Waals surface area contributed by atoms with Gasteiger partial charge in [-0.3, -0.25) is 0 Å². The molecule has 0 N–H and O–H groups in total. The van der Waals surface area contributed by atoms with Gasteiger partial charge in [-0.25, -0.2) is 15.0 Å². The molecule has 0 bridgehead atoms. The van der Waals surface area contributed by atoms with Crippen LogP contribution in [0, 0.1) is 0 Å². The lowest BCUT2D eigenvalue weighted by atomic mass is 10.1. The molecule has 0 unspecified atom stereocenters. The highest BCUT2D eigenvalue weighted by molar-refractivity contribution is 5.87. The summed E-state index contributed by atoms with van der Waals surface area (Å²) in [5, 5.41) is 2.42. The molecule has 198 valence electrons. The summed E-state index contributed by atoms with van der Waals surface area (Å²) >= 11 is 0. The zero-order valence-electron chi connectivity index (χ0n) is 22.7. The summed E-state index contributed by atoms with van der Waals surface area (Å²) in [5.74, 6) is 1.96. The Labute approximate surface area is 243 Å². The standard InChI is InChI=1S/C37H25N5/c1-3-10-28(11-4-1)35-38-36(29-12-5-2-6-13-29)40-37(39-35)30-16-18-31(19-17-30)41-23-22-27-15-20-32(25-34(27)41)42-24-21-26-9-7-8-14-33(26)42/h1-25H. The minimum absolute atomic E-state index is 0.647. The van der Waals surface area contributed by atoms with Crippen molar-refractivity contribution >= 4 is 21.8 Å². The van der Waals surface area contributed by atoms with Crippen LogP contribution >= 0.6 is 0 Å². The SMILES string of the molecule is c1ccc(-c2nc(-c3ccccc3)nc(-c3ccc(-n4ccc5ccc(-n6ccc7ccccc76)cc54)cc3)n2)cc1. The van der Waals surface area contributed by atoms with E-state index < -0.39 is 0 Å². The number of rotatable bonds is 5. The molecule has 0 amide bonds. The highest BCUT2D eigenvalue weighted by Gasteiger charge is 2.13. The molecule has 8 rings (SSSR count). The monoisotopic (exact) mass is 539 g/mol. The van der Waals surface area contributed by atoms with E-state index >= 15 is 0 Å². The summed E-state index contributed by atoms with van der Waals surface area (Å²) in [5.41, 5.74) is 7.40. The minimum Gasteiger partial charge on any atom is -0.316 e. The molecule has 0 fully saturated rings. The highest BCUT2D eigenvalue weighted by atomic mass is 15.0. The molecule has 0 aliphatic rings. The van der Waals surface area contributed by atoms with Gasteiger partial charge >= 0.3 is 0 Å². The summed E-state index contributed by atoms with van der Waals surface area (Å²) in [6.07, 6.45) is 4.26. The molecule has 0 aliphatic carbocycles. The number of hydrogen-bond acceptors (Lipinski definition) is 3. The summed E-state index contributed by atoms with van der Waals surface area (Å²) in [6.45, 7) is 0. The third-order valence-corrected chi connectivity index (χ3v) is 7.66. The number of fused-ring (bicyclic) bond motifs is 2.